The zero-order valence-corrected chi connectivity index (χ0v) is 27.4. The maximum absolute atomic E-state index is 12.8. The van der Waals surface area contributed by atoms with E-state index in [1.807, 2.05) is 0 Å². The van der Waals surface area contributed by atoms with Crippen LogP contribution in [0, 0.1) is 0 Å². The van der Waals surface area contributed by atoms with E-state index in [0.717, 1.165) is 49.2 Å². The number of carbonyl (C=O) groups excluding carboxylic acids is 4. The fourth-order valence-electron chi connectivity index (χ4n) is 4.19. The number of tetrazole rings is 2. The van der Waals surface area contributed by atoms with Crippen molar-refractivity contribution >= 4 is 57.2 Å². The number of aromatic nitrogens is 8. The van der Waals surface area contributed by atoms with Crippen molar-refractivity contribution in [2.24, 2.45) is 0 Å². The van der Waals surface area contributed by atoms with Gasteiger partial charge in [0, 0.05) is 75.9 Å². The second kappa shape index (κ2) is 16.5. The fourth-order valence-corrected chi connectivity index (χ4v) is 5.61. The van der Waals surface area contributed by atoms with E-state index in [1.54, 1.807) is 72.4 Å². The molecule has 2 N–H and O–H groups in total. The van der Waals surface area contributed by atoms with Crippen LogP contribution in [0.25, 0.3) is 11.4 Å². The molecule has 0 saturated carbocycles. The third kappa shape index (κ3) is 9.83. The molecule has 0 unspecified atom stereocenters. The van der Waals surface area contributed by atoms with Crippen LogP contribution >= 0.6 is 23.5 Å². The van der Waals surface area contributed by atoms with Crippen molar-refractivity contribution in [1.29, 1.82) is 0 Å². The number of rotatable bonds is 13. The van der Waals surface area contributed by atoms with Gasteiger partial charge in [-0.1, -0.05) is 25.0 Å². The molecule has 0 aliphatic rings. The Kier molecular flexibility index (Phi) is 12.2. The summed E-state index contributed by atoms with van der Waals surface area (Å²) in [7, 11) is 3.46. The van der Waals surface area contributed by atoms with Gasteiger partial charge in [-0.2, -0.15) is 9.36 Å². The van der Waals surface area contributed by atoms with Crippen molar-refractivity contribution in [2.45, 2.75) is 49.8 Å². The lowest BCUT2D eigenvalue weighted by molar-refractivity contribution is -0.115. The van der Waals surface area contributed by atoms with E-state index in [2.05, 4.69) is 41.7 Å². The standard InChI is InChI=1S/C28H34N12O4S2/c1-19(41)29-21-11-9-13-23(17-21)39-25(31-33-35-39)45-27(43)37(3)15-7-5-6-8-16-38(4)28(44)46-26-32-34-36-40(26)24-14-10-12-22(18-24)30-20(2)42/h9-14,17-18H,5-8,15-16H2,1-4H3,(H,29,41)(H,30,42). The van der Waals surface area contributed by atoms with Crippen molar-refractivity contribution in [1.82, 2.24) is 50.2 Å². The maximum atomic E-state index is 12.8. The third-order valence-electron chi connectivity index (χ3n) is 6.42. The van der Waals surface area contributed by atoms with Crippen LogP contribution in [0.15, 0.2) is 58.8 Å². The van der Waals surface area contributed by atoms with E-state index in [0.29, 0.717) is 46.2 Å². The molecule has 4 amide bonds. The SMILES string of the molecule is CC(=O)Nc1cccc(-n2nnnc2SC(=O)N(C)CCCCCCN(C)C(=O)Sc2nnnn2-c2cccc(NC(C)=O)c2)c1. The van der Waals surface area contributed by atoms with Gasteiger partial charge in [-0.15, -0.1) is 10.2 Å². The van der Waals surface area contributed by atoms with Crippen molar-refractivity contribution in [3.63, 3.8) is 0 Å². The first-order chi connectivity index (χ1) is 22.1. The van der Waals surface area contributed by atoms with E-state index >= 15 is 0 Å². The zero-order chi connectivity index (χ0) is 33.1. The number of benzene rings is 2. The summed E-state index contributed by atoms with van der Waals surface area (Å²) in [6, 6.07) is 14.0. The Hall–Kier alpha value is -4.84. The monoisotopic (exact) mass is 666 g/mol. The third-order valence-corrected chi connectivity index (χ3v) is 8.27. The lowest BCUT2D eigenvalue weighted by Crippen LogP contribution is -2.25. The molecule has 18 heteroatoms. The minimum atomic E-state index is -0.195. The van der Waals surface area contributed by atoms with Crippen molar-refractivity contribution < 1.29 is 19.2 Å². The van der Waals surface area contributed by atoms with Crippen molar-refractivity contribution in [3.05, 3.63) is 48.5 Å². The van der Waals surface area contributed by atoms with Crippen LogP contribution < -0.4 is 10.6 Å². The molecule has 242 valence electrons. The molecule has 16 nitrogen and oxygen atoms in total. The highest BCUT2D eigenvalue weighted by atomic mass is 32.2. The largest absolute Gasteiger partial charge is 0.336 e. The average molecular weight is 667 g/mol. The lowest BCUT2D eigenvalue weighted by atomic mass is 10.2. The first-order valence-electron chi connectivity index (χ1n) is 14.3. The van der Waals surface area contributed by atoms with Gasteiger partial charge in [-0.3, -0.25) is 19.2 Å². The molecule has 2 aromatic heterocycles. The number of nitrogens with one attached hydrogen (secondary N) is 2. The summed E-state index contributed by atoms with van der Waals surface area (Å²) in [5, 5.41) is 29.0. The topological polar surface area (TPSA) is 186 Å². The molecule has 4 aromatic rings. The van der Waals surface area contributed by atoms with Gasteiger partial charge in [0.2, 0.25) is 22.1 Å². The molecule has 0 radical (unpaired) electrons. The summed E-state index contributed by atoms with van der Waals surface area (Å²) >= 11 is 1.85. The number of unbranched alkanes of at least 4 members (excludes halogenated alkanes) is 3. The van der Waals surface area contributed by atoms with Gasteiger partial charge >= 0.3 is 0 Å². The summed E-state index contributed by atoms with van der Waals surface area (Å²) in [5.74, 6) is -0.390. The first kappa shape index (κ1) is 34.0. The first-order valence-corrected chi connectivity index (χ1v) is 15.9. The average Bonchev–Trinajstić information content (AvgIpc) is 3.68. The molecule has 2 heterocycles. The molecule has 0 fully saturated rings. The van der Waals surface area contributed by atoms with Crippen LogP contribution in [0.4, 0.5) is 21.0 Å². The Balaban J connectivity index is 1.17. The molecule has 0 atom stereocenters. The van der Waals surface area contributed by atoms with E-state index < -0.39 is 0 Å². The molecular weight excluding hydrogens is 633 g/mol. The highest BCUT2D eigenvalue weighted by Crippen LogP contribution is 2.24. The van der Waals surface area contributed by atoms with Gasteiger partial charge < -0.3 is 20.4 Å². The van der Waals surface area contributed by atoms with Gasteiger partial charge in [0.1, 0.15) is 0 Å². The Morgan fingerprint density at radius 1 is 0.674 bits per heavy atom. The number of carbonyl (C=O) groups is 4. The van der Waals surface area contributed by atoms with E-state index in [-0.39, 0.29) is 22.3 Å². The van der Waals surface area contributed by atoms with Gasteiger partial charge in [0.25, 0.3) is 10.5 Å². The molecular formula is C28H34N12O4S2. The fraction of sp³-hybridized carbons (Fsp3) is 0.357. The van der Waals surface area contributed by atoms with E-state index in [1.165, 1.54) is 23.2 Å². The van der Waals surface area contributed by atoms with Crippen LogP contribution in [0.3, 0.4) is 0 Å². The Labute approximate surface area is 273 Å². The predicted octanol–water partition coefficient (Wildman–Crippen LogP) is 4.10. The number of amides is 4. The Morgan fingerprint density at radius 3 is 1.48 bits per heavy atom. The second-order valence-corrected chi connectivity index (χ2v) is 12.0. The number of nitrogens with zero attached hydrogens (tertiary/aromatic N) is 10. The van der Waals surface area contributed by atoms with Crippen molar-refractivity contribution in [2.75, 3.05) is 37.8 Å². The van der Waals surface area contributed by atoms with E-state index in [4.69, 9.17) is 0 Å². The minimum Gasteiger partial charge on any atom is -0.336 e. The van der Waals surface area contributed by atoms with Crippen LogP contribution in [0.1, 0.15) is 39.5 Å². The second-order valence-electron chi connectivity index (χ2n) is 10.2. The summed E-state index contributed by atoms with van der Waals surface area (Å²) in [4.78, 5) is 51.7. The zero-order valence-electron chi connectivity index (χ0n) is 25.8. The molecule has 0 bridgehead atoms. The van der Waals surface area contributed by atoms with Crippen LogP contribution in [-0.2, 0) is 9.59 Å². The number of hydrogen-bond donors (Lipinski definition) is 2. The van der Waals surface area contributed by atoms with Crippen LogP contribution in [0.2, 0.25) is 0 Å². The van der Waals surface area contributed by atoms with Crippen molar-refractivity contribution in [3.8, 4) is 11.4 Å². The quantitative estimate of drug-likeness (QED) is 0.154. The summed E-state index contributed by atoms with van der Waals surface area (Å²) in [6.07, 6.45) is 3.36. The Morgan fingerprint density at radius 2 is 1.09 bits per heavy atom. The maximum Gasteiger partial charge on any atom is 0.289 e. The lowest BCUT2D eigenvalue weighted by Gasteiger charge is -2.17. The van der Waals surface area contributed by atoms with Crippen LogP contribution in [0.5, 0.6) is 0 Å². The number of hydrogen-bond acceptors (Lipinski definition) is 12. The Bertz CT molecular complexity index is 1560. The molecule has 0 aliphatic heterocycles. The summed E-state index contributed by atoms with van der Waals surface area (Å²) in [6.45, 7) is 3.96. The molecule has 0 spiro atoms. The molecule has 4 rings (SSSR count). The molecule has 0 aliphatic carbocycles. The highest BCUT2D eigenvalue weighted by Gasteiger charge is 2.19. The molecule has 46 heavy (non-hydrogen) atoms. The highest BCUT2D eigenvalue weighted by molar-refractivity contribution is 8.13. The molecule has 0 saturated heterocycles. The van der Waals surface area contributed by atoms with Gasteiger partial charge in [-0.25, -0.2) is 0 Å². The normalized spacial score (nSPS) is 10.8. The smallest absolute Gasteiger partial charge is 0.289 e. The minimum absolute atomic E-state index is 0.194. The number of anilines is 2. The van der Waals surface area contributed by atoms with Crippen LogP contribution in [-0.4, -0.2) is 99.7 Å². The number of thioether (sulfide) groups is 2. The van der Waals surface area contributed by atoms with Gasteiger partial charge in [0.15, 0.2) is 0 Å². The van der Waals surface area contributed by atoms with Gasteiger partial charge in [-0.05, 0) is 70.1 Å². The summed E-state index contributed by atoms with van der Waals surface area (Å²) < 4.78 is 2.90. The summed E-state index contributed by atoms with van der Waals surface area (Å²) in [5.41, 5.74) is 2.42. The molecule has 2 aromatic carbocycles. The van der Waals surface area contributed by atoms with Gasteiger partial charge in [0.05, 0.1) is 11.4 Å². The van der Waals surface area contributed by atoms with E-state index in [9.17, 15) is 19.2 Å². The predicted molar refractivity (Wildman–Crippen MR) is 173 cm³/mol.